The molecule has 0 radical (unpaired) electrons. The summed E-state index contributed by atoms with van der Waals surface area (Å²) in [5.74, 6) is -2.24. The maximum Gasteiger partial charge on any atom is 0.306 e. The van der Waals surface area contributed by atoms with Crippen molar-refractivity contribution in [3.8, 4) is 0 Å². The highest BCUT2D eigenvalue weighted by atomic mass is 32.8. The van der Waals surface area contributed by atoms with Gasteiger partial charge in [-0.05, 0) is 18.8 Å². The van der Waals surface area contributed by atoms with Crippen molar-refractivity contribution in [2.24, 2.45) is 11.8 Å². The van der Waals surface area contributed by atoms with Gasteiger partial charge in [0.15, 0.2) is 0 Å². The molecule has 1 aliphatic carbocycles. The van der Waals surface area contributed by atoms with Gasteiger partial charge in [0.2, 0.25) is 0 Å². The minimum atomic E-state index is -3.35. The van der Waals surface area contributed by atoms with E-state index in [4.69, 9.17) is 14.8 Å². The summed E-state index contributed by atoms with van der Waals surface area (Å²) in [6.45, 7) is -0.279. The van der Waals surface area contributed by atoms with Crippen molar-refractivity contribution in [1.29, 1.82) is 0 Å². The van der Waals surface area contributed by atoms with Gasteiger partial charge in [-0.25, -0.2) is 4.21 Å². The lowest BCUT2D eigenvalue weighted by Crippen LogP contribution is -2.20. The topological polar surface area (TPSA) is 94.8 Å². The van der Waals surface area contributed by atoms with Crippen LogP contribution in [0.3, 0.4) is 0 Å². The van der Waals surface area contributed by atoms with Crippen molar-refractivity contribution < 1.29 is 23.8 Å². The Hall–Kier alpha value is -0.240. The lowest BCUT2D eigenvalue weighted by atomic mass is 9.97. The molecule has 0 amide bonds. The average Bonchev–Trinajstić information content (AvgIpc) is 2.45. The van der Waals surface area contributed by atoms with Crippen LogP contribution in [0.2, 0.25) is 0 Å². The number of aliphatic hydroxyl groups excluding tert-OH is 1. The molecular weight excluding hydrogens is 228 g/mol. The predicted octanol–water partition coefficient (Wildman–Crippen LogP) is -0.323. The van der Waals surface area contributed by atoms with E-state index in [1.54, 1.807) is 0 Å². The molecule has 5 nitrogen and oxygen atoms in total. The highest BCUT2D eigenvalue weighted by Gasteiger charge is 2.41. The van der Waals surface area contributed by atoms with Gasteiger partial charge in [0, 0.05) is 17.8 Å². The van der Waals surface area contributed by atoms with Gasteiger partial charge in [-0.2, -0.15) is 0 Å². The third-order valence-electron chi connectivity index (χ3n) is 2.62. The first kappa shape index (κ1) is 11.8. The molecule has 3 N–H and O–H groups in total. The number of aliphatic hydroxyl groups is 1. The Morgan fingerprint density at radius 1 is 1.50 bits per heavy atom. The number of carboxylic acids is 1. The van der Waals surface area contributed by atoms with E-state index in [1.807, 2.05) is 0 Å². The predicted molar refractivity (Wildman–Crippen MR) is 52.9 cm³/mol. The molecule has 1 aliphatic rings. The average molecular weight is 240 g/mol. The molecule has 1 saturated carbocycles. The van der Waals surface area contributed by atoms with Gasteiger partial charge in [-0.3, -0.25) is 4.79 Å². The van der Waals surface area contributed by atoms with E-state index in [0.29, 0.717) is 0 Å². The maximum absolute atomic E-state index is 11.1. The van der Waals surface area contributed by atoms with Crippen molar-refractivity contribution in [1.82, 2.24) is 0 Å². The lowest BCUT2D eigenvalue weighted by molar-refractivity contribution is -0.143. The highest BCUT2D eigenvalue weighted by molar-refractivity contribution is 8.30. The summed E-state index contributed by atoms with van der Waals surface area (Å²) in [7, 11) is -3.35. The summed E-state index contributed by atoms with van der Waals surface area (Å²) < 4.78 is 20.2. The Labute approximate surface area is 86.6 Å². The van der Waals surface area contributed by atoms with E-state index in [9.17, 15) is 9.00 Å². The molecule has 0 heterocycles. The third-order valence-corrected chi connectivity index (χ3v) is 4.67. The lowest BCUT2D eigenvalue weighted by Gasteiger charge is -2.10. The Kier molecular flexibility index (Phi) is 3.46. The van der Waals surface area contributed by atoms with E-state index in [0.717, 1.165) is 0 Å². The zero-order valence-corrected chi connectivity index (χ0v) is 8.96. The summed E-state index contributed by atoms with van der Waals surface area (Å²) in [5.41, 5.74) is 0. The fraction of sp³-hybridized carbons (Fsp3) is 0.857. The Bertz CT molecular complexity index is 323. The SMILES string of the molecule is O=C(O)[C@@H]1CC(S(=O)(O)=S)CC1CO. The number of hydrogen-bond donors (Lipinski definition) is 3. The van der Waals surface area contributed by atoms with Gasteiger partial charge in [-0.1, -0.05) is 0 Å². The zero-order valence-electron chi connectivity index (χ0n) is 7.33. The van der Waals surface area contributed by atoms with Crippen LogP contribution in [0, 0.1) is 11.8 Å². The summed E-state index contributed by atoms with van der Waals surface area (Å²) in [5, 5.41) is 17.0. The Morgan fingerprint density at radius 3 is 2.36 bits per heavy atom. The minimum Gasteiger partial charge on any atom is -0.481 e. The molecule has 3 unspecified atom stereocenters. The molecule has 1 rings (SSSR count). The van der Waals surface area contributed by atoms with Gasteiger partial charge < -0.3 is 14.8 Å². The number of rotatable bonds is 3. The second kappa shape index (κ2) is 4.09. The summed E-state index contributed by atoms with van der Waals surface area (Å²) >= 11 is 4.39. The van der Waals surface area contributed by atoms with Crippen LogP contribution in [-0.2, 0) is 24.8 Å². The van der Waals surface area contributed by atoms with Crippen LogP contribution in [-0.4, -0.2) is 36.8 Å². The molecule has 1 fully saturated rings. The normalized spacial score (nSPS) is 36.6. The van der Waals surface area contributed by atoms with Crippen LogP contribution >= 0.6 is 0 Å². The molecule has 0 aromatic carbocycles. The molecule has 0 aromatic rings. The van der Waals surface area contributed by atoms with Gasteiger partial charge >= 0.3 is 5.97 Å². The molecule has 0 saturated heterocycles. The van der Waals surface area contributed by atoms with Crippen LogP contribution in [0.4, 0.5) is 0 Å². The molecule has 0 aliphatic heterocycles. The fourth-order valence-electron chi connectivity index (χ4n) is 1.82. The first-order valence-electron chi connectivity index (χ1n) is 4.16. The van der Waals surface area contributed by atoms with Crippen LogP contribution in [0.1, 0.15) is 12.8 Å². The quantitative estimate of drug-likeness (QED) is 0.625. The fourth-order valence-corrected chi connectivity index (χ4v) is 3.23. The maximum atomic E-state index is 11.1. The van der Waals surface area contributed by atoms with Gasteiger partial charge in [-0.15, -0.1) is 0 Å². The standard InChI is InChI=1S/C7H12O5S2/c8-3-4-1-5(14(11,12)13)2-6(4)7(9)10/h4-6,8H,1-3H2,(H,9,10)(H,11,12,13)/t4?,5?,6-/m1/s1. The number of carboxylic acid groups (broad SMARTS) is 1. The molecule has 0 bridgehead atoms. The molecule has 0 spiro atoms. The van der Waals surface area contributed by atoms with E-state index in [2.05, 4.69) is 11.2 Å². The van der Waals surface area contributed by atoms with Crippen LogP contribution in [0.5, 0.6) is 0 Å². The van der Waals surface area contributed by atoms with Gasteiger partial charge in [0.05, 0.1) is 11.2 Å². The largest absolute Gasteiger partial charge is 0.481 e. The van der Waals surface area contributed by atoms with Crippen molar-refractivity contribution >= 4 is 25.9 Å². The molecular formula is C7H12O5S2. The van der Waals surface area contributed by atoms with Crippen molar-refractivity contribution in [2.45, 2.75) is 18.1 Å². The zero-order chi connectivity index (χ0) is 10.9. The molecule has 82 valence electrons. The number of carbonyl (C=O) groups is 1. The number of hydrogen-bond acceptors (Lipinski definition) is 4. The van der Waals surface area contributed by atoms with E-state index >= 15 is 0 Å². The second-order valence-electron chi connectivity index (χ2n) is 3.50. The van der Waals surface area contributed by atoms with Gasteiger partial charge in [0.25, 0.3) is 0 Å². The smallest absolute Gasteiger partial charge is 0.306 e. The summed E-state index contributed by atoms with van der Waals surface area (Å²) in [4.78, 5) is 10.7. The van der Waals surface area contributed by atoms with E-state index < -0.39 is 31.8 Å². The number of aliphatic carboxylic acids is 1. The van der Waals surface area contributed by atoms with E-state index in [1.165, 1.54) is 0 Å². The Balaban J connectivity index is 2.80. The van der Waals surface area contributed by atoms with Crippen molar-refractivity contribution in [3.05, 3.63) is 0 Å². The van der Waals surface area contributed by atoms with Crippen molar-refractivity contribution in [3.63, 3.8) is 0 Å². The molecule has 7 heteroatoms. The van der Waals surface area contributed by atoms with Gasteiger partial charge in [0.1, 0.15) is 8.77 Å². The molecule has 4 atom stereocenters. The first-order chi connectivity index (χ1) is 6.36. The first-order valence-corrected chi connectivity index (χ1v) is 6.66. The van der Waals surface area contributed by atoms with Crippen LogP contribution < -0.4 is 0 Å². The molecule has 0 aromatic heterocycles. The van der Waals surface area contributed by atoms with Crippen LogP contribution in [0.25, 0.3) is 0 Å². The monoisotopic (exact) mass is 240 g/mol. The molecule has 14 heavy (non-hydrogen) atoms. The van der Waals surface area contributed by atoms with Crippen LogP contribution in [0.15, 0.2) is 0 Å². The van der Waals surface area contributed by atoms with Crippen molar-refractivity contribution in [2.75, 3.05) is 6.61 Å². The highest BCUT2D eigenvalue weighted by Crippen LogP contribution is 2.35. The second-order valence-corrected chi connectivity index (χ2v) is 6.63. The summed E-state index contributed by atoms with van der Waals surface area (Å²) in [6.07, 6.45) is 0.297. The van der Waals surface area contributed by atoms with E-state index in [-0.39, 0.29) is 19.4 Å². The summed E-state index contributed by atoms with van der Waals surface area (Å²) in [6, 6.07) is 0. The Morgan fingerprint density at radius 2 is 2.07 bits per heavy atom. The third kappa shape index (κ3) is 2.41. The minimum absolute atomic E-state index is 0.0827.